The lowest BCUT2D eigenvalue weighted by molar-refractivity contribution is -0.169. The maximum absolute atomic E-state index is 12.1. The lowest BCUT2D eigenvalue weighted by atomic mass is 9.49. The van der Waals surface area contributed by atoms with Gasteiger partial charge in [0, 0.05) is 17.4 Å². The lowest BCUT2D eigenvalue weighted by Gasteiger charge is -2.56. The molecule has 0 aromatic heterocycles. The first-order chi connectivity index (χ1) is 13.1. The topological polar surface area (TPSA) is 55.7 Å². The number of nitrogens with zero attached hydrogens (tertiary/aromatic N) is 1. The fourth-order valence-electron chi connectivity index (χ4n) is 8.66. The molecule has 0 radical (unpaired) electrons. The smallest absolute Gasteiger partial charge is 0.331 e. The Labute approximate surface area is 160 Å². The third kappa shape index (κ3) is 1.88. The van der Waals surface area contributed by atoms with Crippen LogP contribution < -0.4 is 0 Å². The first-order valence-electron chi connectivity index (χ1n) is 11.1. The van der Waals surface area contributed by atoms with E-state index in [0.717, 1.165) is 37.5 Å². The number of ether oxygens (including phenoxy) is 1. The molecule has 4 heteroatoms. The number of carbonyl (C=O) groups is 1. The molecule has 1 spiro atoms. The molecule has 27 heavy (non-hydrogen) atoms. The SMILES string of the molecule is CC[C@]12CCC3C4=C(CCC3C1C1CC1[C@@]21C=CC(=O)O1)CC(N=O)CC4. The molecule has 5 aliphatic carbocycles. The van der Waals surface area contributed by atoms with E-state index >= 15 is 0 Å². The molecule has 0 saturated heterocycles. The summed E-state index contributed by atoms with van der Waals surface area (Å²) in [6, 6.07) is 0.0178. The highest BCUT2D eigenvalue weighted by Gasteiger charge is 2.78. The zero-order valence-corrected chi connectivity index (χ0v) is 16.2. The summed E-state index contributed by atoms with van der Waals surface area (Å²) in [5, 5.41) is 3.35. The molecule has 3 saturated carbocycles. The van der Waals surface area contributed by atoms with Crippen LogP contribution in [0, 0.1) is 39.9 Å². The number of hydrogen-bond donors (Lipinski definition) is 0. The van der Waals surface area contributed by atoms with Crippen LogP contribution in [-0.2, 0) is 9.53 Å². The number of carbonyl (C=O) groups excluding carboxylic acids is 1. The standard InChI is InChI=1S/C23H29NO3/c1-2-22-9-7-16-15-6-4-14(24-26)11-13(15)3-5-17(16)21(22)18-12-19(18)23(22)10-8-20(25)27-23/h8,10,14,16-19,21H,2-7,9,11-12H2,1H3/t14?,16?,17?,18?,19?,21?,22-,23-/m0/s1. The van der Waals surface area contributed by atoms with Gasteiger partial charge in [-0.3, -0.25) is 0 Å². The van der Waals surface area contributed by atoms with Crippen molar-refractivity contribution in [3.05, 3.63) is 28.2 Å². The van der Waals surface area contributed by atoms with Gasteiger partial charge in [0.1, 0.15) is 5.60 Å². The molecule has 144 valence electrons. The van der Waals surface area contributed by atoms with Crippen LogP contribution in [0.5, 0.6) is 0 Å². The van der Waals surface area contributed by atoms with E-state index in [2.05, 4.69) is 18.2 Å². The van der Waals surface area contributed by atoms with Crippen molar-refractivity contribution in [2.75, 3.05) is 0 Å². The van der Waals surface area contributed by atoms with Gasteiger partial charge in [-0.2, -0.15) is 4.91 Å². The zero-order chi connectivity index (χ0) is 18.4. The molecule has 6 rings (SSSR count). The van der Waals surface area contributed by atoms with E-state index in [4.69, 9.17) is 4.74 Å². The maximum Gasteiger partial charge on any atom is 0.331 e. The van der Waals surface area contributed by atoms with E-state index in [1.807, 2.05) is 0 Å². The van der Waals surface area contributed by atoms with Crippen molar-refractivity contribution in [2.24, 2.45) is 40.2 Å². The molecule has 0 aromatic rings. The second-order valence-electron chi connectivity index (χ2n) is 10.1. The van der Waals surface area contributed by atoms with Gasteiger partial charge < -0.3 is 4.74 Å². The fraction of sp³-hybridized carbons (Fsp3) is 0.783. The number of allylic oxidation sites excluding steroid dienone is 1. The van der Waals surface area contributed by atoms with Crippen molar-refractivity contribution in [2.45, 2.75) is 76.4 Å². The molecule has 0 bridgehead atoms. The zero-order valence-electron chi connectivity index (χ0n) is 16.2. The van der Waals surface area contributed by atoms with Crippen LogP contribution in [0.25, 0.3) is 0 Å². The number of nitroso groups, excluding NO2 is 1. The van der Waals surface area contributed by atoms with Gasteiger partial charge in [-0.25, -0.2) is 4.79 Å². The maximum atomic E-state index is 12.1. The summed E-state index contributed by atoms with van der Waals surface area (Å²) in [7, 11) is 0. The molecule has 4 nitrogen and oxygen atoms in total. The van der Waals surface area contributed by atoms with Gasteiger partial charge in [-0.1, -0.05) is 23.2 Å². The first kappa shape index (κ1) is 16.5. The molecule has 0 aromatic carbocycles. The van der Waals surface area contributed by atoms with Crippen molar-refractivity contribution in [1.82, 2.24) is 0 Å². The number of fused-ring (bicyclic) bond motifs is 8. The van der Waals surface area contributed by atoms with Gasteiger partial charge >= 0.3 is 5.97 Å². The van der Waals surface area contributed by atoms with Crippen molar-refractivity contribution in [1.29, 1.82) is 0 Å². The molecular formula is C23H29NO3. The summed E-state index contributed by atoms with van der Waals surface area (Å²) < 4.78 is 6.13. The quantitative estimate of drug-likeness (QED) is 0.395. The monoisotopic (exact) mass is 367 g/mol. The highest BCUT2D eigenvalue weighted by atomic mass is 16.6. The van der Waals surface area contributed by atoms with Crippen LogP contribution in [-0.4, -0.2) is 17.6 Å². The fourth-order valence-corrected chi connectivity index (χ4v) is 8.66. The minimum atomic E-state index is -0.299. The predicted molar refractivity (Wildman–Crippen MR) is 102 cm³/mol. The second-order valence-corrected chi connectivity index (χ2v) is 10.1. The lowest BCUT2D eigenvalue weighted by Crippen LogP contribution is -2.55. The summed E-state index contributed by atoms with van der Waals surface area (Å²) in [4.78, 5) is 23.1. The average molecular weight is 367 g/mol. The van der Waals surface area contributed by atoms with E-state index in [0.29, 0.717) is 17.8 Å². The highest BCUT2D eigenvalue weighted by Crippen LogP contribution is 2.78. The summed E-state index contributed by atoms with van der Waals surface area (Å²) in [6.07, 6.45) is 14.0. The Balaban J connectivity index is 1.38. The van der Waals surface area contributed by atoms with E-state index in [1.165, 1.54) is 32.1 Å². The third-order valence-corrected chi connectivity index (χ3v) is 9.57. The van der Waals surface area contributed by atoms with Gasteiger partial charge in [0.25, 0.3) is 0 Å². The predicted octanol–water partition coefficient (Wildman–Crippen LogP) is 4.94. The van der Waals surface area contributed by atoms with E-state index in [1.54, 1.807) is 17.2 Å². The molecule has 0 amide bonds. The third-order valence-electron chi connectivity index (χ3n) is 9.57. The molecule has 1 aliphatic heterocycles. The Kier molecular flexibility index (Phi) is 3.26. The molecule has 6 unspecified atom stereocenters. The van der Waals surface area contributed by atoms with Crippen molar-refractivity contribution in [3.8, 4) is 0 Å². The van der Waals surface area contributed by atoms with Gasteiger partial charge in [-0.15, -0.1) is 0 Å². The van der Waals surface area contributed by atoms with Crippen molar-refractivity contribution >= 4 is 5.97 Å². The highest BCUT2D eigenvalue weighted by molar-refractivity contribution is 5.85. The molecular weight excluding hydrogens is 338 g/mol. The Bertz CT molecular complexity index is 784. The van der Waals surface area contributed by atoms with Crippen molar-refractivity contribution < 1.29 is 9.53 Å². The Morgan fingerprint density at radius 1 is 1.22 bits per heavy atom. The minimum Gasteiger partial charge on any atom is -0.451 e. The van der Waals surface area contributed by atoms with E-state index < -0.39 is 0 Å². The minimum absolute atomic E-state index is 0.0178. The van der Waals surface area contributed by atoms with Gasteiger partial charge in [-0.05, 0) is 87.5 Å². The van der Waals surface area contributed by atoms with Crippen LogP contribution in [0.2, 0.25) is 0 Å². The van der Waals surface area contributed by atoms with Crippen LogP contribution in [0.3, 0.4) is 0 Å². The van der Waals surface area contributed by atoms with Gasteiger partial charge in [0.15, 0.2) is 0 Å². The molecule has 3 fully saturated rings. The van der Waals surface area contributed by atoms with E-state index in [-0.39, 0.29) is 23.0 Å². The average Bonchev–Trinajstić information content (AvgIpc) is 3.34. The first-order valence-corrected chi connectivity index (χ1v) is 11.1. The molecule has 0 N–H and O–H groups in total. The summed E-state index contributed by atoms with van der Waals surface area (Å²) in [6.45, 7) is 2.33. The largest absolute Gasteiger partial charge is 0.451 e. The molecule has 6 aliphatic rings. The number of esters is 1. The molecule has 8 atom stereocenters. The summed E-state index contributed by atoms with van der Waals surface area (Å²) in [5.41, 5.74) is 3.13. The van der Waals surface area contributed by atoms with Crippen LogP contribution >= 0.6 is 0 Å². The summed E-state index contributed by atoms with van der Waals surface area (Å²) in [5.74, 6) is 3.36. The van der Waals surface area contributed by atoms with Crippen molar-refractivity contribution in [3.63, 3.8) is 0 Å². The Morgan fingerprint density at radius 2 is 2.11 bits per heavy atom. The molecule has 1 heterocycles. The van der Waals surface area contributed by atoms with Crippen LogP contribution in [0.15, 0.2) is 28.5 Å². The normalized spacial score (nSPS) is 52.1. The number of rotatable bonds is 2. The van der Waals surface area contributed by atoms with Gasteiger partial charge in [0.2, 0.25) is 0 Å². The second kappa shape index (κ2) is 5.33. The van der Waals surface area contributed by atoms with E-state index in [9.17, 15) is 9.70 Å². The Hall–Kier alpha value is -1.45. The van der Waals surface area contributed by atoms with Crippen LogP contribution in [0.4, 0.5) is 0 Å². The van der Waals surface area contributed by atoms with Crippen LogP contribution in [0.1, 0.15) is 64.7 Å². The summed E-state index contributed by atoms with van der Waals surface area (Å²) >= 11 is 0. The van der Waals surface area contributed by atoms with Gasteiger partial charge in [0.05, 0.1) is 6.04 Å². The Morgan fingerprint density at radius 3 is 2.85 bits per heavy atom. The number of hydrogen-bond acceptors (Lipinski definition) is 4.